The second-order valence-electron chi connectivity index (χ2n) is 3.45. The smallest absolute Gasteiger partial charge is 0.248 e. The molecule has 4 heteroatoms. The molecule has 1 amide bonds. The highest BCUT2D eigenvalue weighted by molar-refractivity contribution is 5.94. The van der Waals surface area contributed by atoms with Gasteiger partial charge in [-0.3, -0.25) is 4.79 Å². The monoisotopic (exact) mass is 208 g/mol. The Morgan fingerprint density at radius 2 is 2.20 bits per heavy atom. The lowest BCUT2D eigenvalue weighted by Gasteiger charge is -2.14. The summed E-state index contributed by atoms with van der Waals surface area (Å²) in [5.74, 6) is 0.103. The number of hydrogen-bond donors (Lipinski definition) is 2. The third kappa shape index (κ3) is 2.87. The zero-order chi connectivity index (χ0) is 11.4. The van der Waals surface area contributed by atoms with Crippen LogP contribution >= 0.6 is 0 Å². The molecule has 82 valence electrons. The molecule has 0 aliphatic rings. The fraction of sp³-hybridized carbons (Fsp3) is 0.364. The van der Waals surface area contributed by atoms with Gasteiger partial charge in [-0.25, -0.2) is 0 Å². The Labute approximate surface area is 89.2 Å². The van der Waals surface area contributed by atoms with E-state index in [-0.39, 0.29) is 6.10 Å². The van der Waals surface area contributed by atoms with Gasteiger partial charge in [-0.1, -0.05) is 6.92 Å². The van der Waals surface area contributed by atoms with Crippen molar-refractivity contribution in [3.63, 3.8) is 0 Å². The number of carbonyl (C=O) groups is 1. The number of benzene rings is 1. The summed E-state index contributed by atoms with van der Waals surface area (Å²) in [7, 11) is 0. The number of nitrogen functional groups attached to an aromatic ring is 1. The predicted molar refractivity (Wildman–Crippen MR) is 59.8 cm³/mol. The van der Waals surface area contributed by atoms with Crippen LogP contribution in [0.4, 0.5) is 5.69 Å². The molecule has 4 N–H and O–H groups in total. The van der Waals surface area contributed by atoms with Crippen molar-refractivity contribution in [2.24, 2.45) is 5.73 Å². The Morgan fingerprint density at radius 1 is 1.53 bits per heavy atom. The molecule has 0 aliphatic carbocycles. The van der Waals surface area contributed by atoms with Gasteiger partial charge >= 0.3 is 0 Å². The number of nitrogens with two attached hydrogens (primary N) is 2. The van der Waals surface area contributed by atoms with Gasteiger partial charge in [-0.15, -0.1) is 0 Å². The first-order valence-corrected chi connectivity index (χ1v) is 4.90. The van der Waals surface area contributed by atoms with E-state index in [0.717, 1.165) is 6.42 Å². The maximum Gasteiger partial charge on any atom is 0.248 e. The lowest BCUT2D eigenvalue weighted by atomic mass is 10.2. The van der Waals surface area contributed by atoms with Gasteiger partial charge in [0.2, 0.25) is 5.91 Å². The van der Waals surface area contributed by atoms with Gasteiger partial charge in [0.1, 0.15) is 5.75 Å². The van der Waals surface area contributed by atoms with Crippen molar-refractivity contribution in [2.75, 3.05) is 5.73 Å². The molecule has 15 heavy (non-hydrogen) atoms. The van der Waals surface area contributed by atoms with Crippen molar-refractivity contribution >= 4 is 11.6 Å². The van der Waals surface area contributed by atoms with Crippen LogP contribution in [0.1, 0.15) is 30.6 Å². The predicted octanol–water partition coefficient (Wildman–Crippen LogP) is 1.54. The van der Waals surface area contributed by atoms with Crippen molar-refractivity contribution in [3.05, 3.63) is 23.8 Å². The number of hydrogen-bond acceptors (Lipinski definition) is 3. The van der Waals surface area contributed by atoms with Crippen molar-refractivity contribution in [2.45, 2.75) is 26.4 Å². The van der Waals surface area contributed by atoms with E-state index in [1.54, 1.807) is 12.1 Å². The molecule has 0 radical (unpaired) electrons. The molecule has 0 heterocycles. The molecular weight excluding hydrogens is 192 g/mol. The van der Waals surface area contributed by atoms with E-state index in [2.05, 4.69) is 0 Å². The van der Waals surface area contributed by atoms with Crippen LogP contribution in [0.5, 0.6) is 5.75 Å². The summed E-state index contributed by atoms with van der Waals surface area (Å²) < 4.78 is 5.55. The summed E-state index contributed by atoms with van der Waals surface area (Å²) in [6, 6.07) is 4.80. The Morgan fingerprint density at radius 3 is 2.67 bits per heavy atom. The van der Waals surface area contributed by atoms with Crippen molar-refractivity contribution in [1.82, 2.24) is 0 Å². The van der Waals surface area contributed by atoms with Gasteiger partial charge < -0.3 is 16.2 Å². The highest BCUT2D eigenvalue weighted by Gasteiger charge is 2.07. The third-order valence-corrected chi connectivity index (χ3v) is 2.20. The molecule has 1 rings (SSSR count). The Kier molecular flexibility index (Phi) is 3.55. The minimum Gasteiger partial charge on any atom is -0.489 e. The summed E-state index contributed by atoms with van der Waals surface area (Å²) in [5, 5.41) is 0. The largest absolute Gasteiger partial charge is 0.489 e. The first-order chi connectivity index (χ1) is 7.04. The van der Waals surface area contributed by atoms with Crippen LogP contribution in [0.25, 0.3) is 0 Å². The first kappa shape index (κ1) is 11.4. The normalized spacial score (nSPS) is 12.1. The van der Waals surface area contributed by atoms with Crippen LogP contribution in [-0.2, 0) is 0 Å². The van der Waals surface area contributed by atoms with E-state index in [9.17, 15) is 4.79 Å². The van der Waals surface area contributed by atoms with Gasteiger partial charge in [0.25, 0.3) is 0 Å². The molecule has 0 spiro atoms. The SMILES string of the molecule is CCC(C)Oc1ccc(C(N)=O)cc1N. The molecule has 0 bridgehead atoms. The van der Waals surface area contributed by atoms with E-state index in [1.165, 1.54) is 6.07 Å². The molecule has 1 aromatic carbocycles. The topological polar surface area (TPSA) is 78.3 Å². The highest BCUT2D eigenvalue weighted by atomic mass is 16.5. The molecule has 0 saturated carbocycles. The van der Waals surface area contributed by atoms with Crippen LogP contribution in [0.15, 0.2) is 18.2 Å². The number of anilines is 1. The van der Waals surface area contributed by atoms with E-state index >= 15 is 0 Å². The van der Waals surface area contributed by atoms with Crippen LogP contribution in [-0.4, -0.2) is 12.0 Å². The summed E-state index contributed by atoms with van der Waals surface area (Å²) in [4.78, 5) is 10.9. The van der Waals surface area contributed by atoms with E-state index < -0.39 is 5.91 Å². The fourth-order valence-electron chi connectivity index (χ4n) is 1.11. The molecule has 1 unspecified atom stereocenters. The zero-order valence-corrected chi connectivity index (χ0v) is 8.99. The minimum absolute atomic E-state index is 0.103. The maximum atomic E-state index is 10.9. The van der Waals surface area contributed by atoms with Gasteiger partial charge in [-0.05, 0) is 31.5 Å². The number of carbonyl (C=O) groups excluding carboxylic acids is 1. The van der Waals surface area contributed by atoms with Crippen LogP contribution in [0.2, 0.25) is 0 Å². The summed E-state index contributed by atoms with van der Waals surface area (Å²) in [6.07, 6.45) is 1.00. The zero-order valence-electron chi connectivity index (χ0n) is 8.99. The minimum atomic E-state index is -0.489. The Bertz CT molecular complexity index is 364. The van der Waals surface area contributed by atoms with Crippen molar-refractivity contribution in [1.29, 1.82) is 0 Å². The molecule has 0 saturated heterocycles. The third-order valence-electron chi connectivity index (χ3n) is 2.20. The Hall–Kier alpha value is -1.71. The summed E-state index contributed by atoms with van der Waals surface area (Å²) in [5.41, 5.74) is 11.7. The fourth-order valence-corrected chi connectivity index (χ4v) is 1.11. The molecule has 0 aromatic heterocycles. The van der Waals surface area contributed by atoms with Crippen molar-refractivity contribution in [3.8, 4) is 5.75 Å². The number of rotatable bonds is 4. The molecule has 1 aromatic rings. The van der Waals surface area contributed by atoms with E-state index in [4.69, 9.17) is 16.2 Å². The van der Waals surface area contributed by atoms with Crippen LogP contribution in [0.3, 0.4) is 0 Å². The van der Waals surface area contributed by atoms with E-state index in [0.29, 0.717) is 17.0 Å². The molecular formula is C11H16N2O2. The first-order valence-electron chi connectivity index (χ1n) is 4.90. The number of amides is 1. The van der Waals surface area contributed by atoms with E-state index in [1.807, 2.05) is 13.8 Å². The maximum absolute atomic E-state index is 10.9. The molecule has 1 atom stereocenters. The quantitative estimate of drug-likeness (QED) is 0.737. The highest BCUT2D eigenvalue weighted by Crippen LogP contribution is 2.23. The van der Waals surface area contributed by atoms with Gasteiger partial charge in [0.05, 0.1) is 11.8 Å². The second kappa shape index (κ2) is 4.68. The lowest BCUT2D eigenvalue weighted by molar-refractivity contribution is 0.100. The lowest BCUT2D eigenvalue weighted by Crippen LogP contribution is -2.13. The molecule has 0 aliphatic heterocycles. The van der Waals surface area contributed by atoms with Crippen LogP contribution in [0, 0.1) is 0 Å². The number of primary amides is 1. The van der Waals surface area contributed by atoms with Crippen LogP contribution < -0.4 is 16.2 Å². The van der Waals surface area contributed by atoms with Gasteiger partial charge in [0, 0.05) is 5.56 Å². The molecule has 0 fully saturated rings. The van der Waals surface area contributed by atoms with Gasteiger partial charge in [0.15, 0.2) is 0 Å². The second-order valence-corrected chi connectivity index (χ2v) is 3.45. The standard InChI is InChI=1S/C11H16N2O2/c1-3-7(2)15-10-5-4-8(11(13)14)6-9(10)12/h4-7H,3,12H2,1-2H3,(H2,13,14). The summed E-state index contributed by atoms with van der Waals surface area (Å²) in [6.45, 7) is 3.99. The number of ether oxygens (including phenoxy) is 1. The summed E-state index contributed by atoms with van der Waals surface area (Å²) >= 11 is 0. The van der Waals surface area contributed by atoms with Gasteiger partial charge in [-0.2, -0.15) is 0 Å². The average Bonchev–Trinajstić information content (AvgIpc) is 2.20. The average molecular weight is 208 g/mol. The molecule has 4 nitrogen and oxygen atoms in total. The van der Waals surface area contributed by atoms with Crippen molar-refractivity contribution < 1.29 is 9.53 Å². The Balaban J connectivity index is 2.88.